The van der Waals surface area contributed by atoms with Crippen LogP contribution in [-0.4, -0.2) is 24.0 Å². The molecule has 0 fully saturated rings. The topological polar surface area (TPSA) is 58.9 Å². The molecule has 0 saturated heterocycles. The smallest absolute Gasteiger partial charge is 0.135 e. The highest BCUT2D eigenvalue weighted by atomic mass is 16.1. The van der Waals surface area contributed by atoms with Gasteiger partial charge in [0.1, 0.15) is 11.6 Å². The van der Waals surface area contributed by atoms with Crippen molar-refractivity contribution in [1.82, 2.24) is 0 Å². The SMILES string of the molecule is CC(=O)CC=Nc1ccccc1N=CCC(C)=O. The van der Waals surface area contributed by atoms with Crippen LogP contribution in [0.5, 0.6) is 0 Å². The van der Waals surface area contributed by atoms with E-state index < -0.39 is 0 Å². The highest BCUT2D eigenvalue weighted by Crippen LogP contribution is 2.26. The number of rotatable bonds is 6. The van der Waals surface area contributed by atoms with Crippen LogP contribution in [0.25, 0.3) is 0 Å². The average molecular weight is 244 g/mol. The van der Waals surface area contributed by atoms with E-state index in [-0.39, 0.29) is 11.6 Å². The molecule has 4 nitrogen and oxygen atoms in total. The van der Waals surface area contributed by atoms with Gasteiger partial charge in [0.25, 0.3) is 0 Å². The summed E-state index contributed by atoms with van der Waals surface area (Å²) >= 11 is 0. The van der Waals surface area contributed by atoms with Crippen LogP contribution in [0.4, 0.5) is 11.4 Å². The van der Waals surface area contributed by atoms with Crippen molar-refractivity contribution in [3.8, 4) is 0 Å². The standard InChI is InChI=1S/C14H16N2O2/c1-11(17)7-9-15-13-5-3-4-6-14(13)16-10-8-12(2)18/h3-6,9-10H,7-8H2,1-2H3. The lowest BCUT2D eigenvalue weighted by Gasteiger charge is -1.98. The van der Waals surface area contributed by atoms with Crippen LogP contribution in [0.2, 0.25) is 0 Å². The van der Waals surface area contributed by atoms with Gasteiger partial charge in [-0.3, -0.25) is 19.6 Å². The zero-order chi connectivity index (χ0) is 13.4. The van der Waals surface area contributed by atoms with Crippen LogP contribution >= 0.6 is 0 Å². The molecule has 0 aliphatic carbocycles. The summed E-state index contributed by atoms with van der Waals surface area (Å²) in [5, 5.41) is 0. The average Bonchev–Trinajstić information content (AvgIpc) is 2.30. The molecule has 0 radical (unpaired) electrons. The Morgan fingerprint density at radius 3 is 1.67 bits per heavy atom. The van der Waals surface area contributed by atoms with Crippen LogP contribution in [-0.2, 0) is 9.59 Å². The Labute approximate surface area is 106 Å². The van der Waals surface area contributed by atoms with E-state index >= 15 is 0 Å². The van der Waals surface area contributed by atoms with Gasteiger partial charge in [0.15, 0.2) is 0 Å². The van der Waals surface area contributed by atoms with E-state index in [9.17, 15) is 9.59 Å². The van der Waals surface area contributed by atoms with Gasteiger partial charge < -0.3 is 0 Å². The zero-order valence-corrected chi connectivity index (χ0v) is 10.6. The summed E-state index contributed by atoms with van der Waals surface area (Å²) in [6.07, 6.45) is 3.76. The number of carbonyl (C=O) groups excluding carboxylic acids is 2. The first-order valence-corrected chi connectivity index (χ1v) is 5.72. The van der Waals surface area contributed by atoms with Crippen LogP contribution in [0.3, 0.4) is 0 Å². The summed E-state index contributed by atoms with van der Waals surface area (Å²) in [7, 11) is 0. The molecule has 0 unspecified atom stereocenters. The highest BCUT2D eigenvalue weighted by molar-refractivity contribution is 5.92. The molecule has 4 heteroatoms. The van der Waals surface area contributed by atoms with Crippen LogP contribution in [0.15, 0.2) is 34.3 Å². The lowest BCUT2D eigenvalue weighted by atomic mass is 10.2. The molecular formula is C14H16N2O2. The van der Waals surface area contributed by atoms with E-state index in [0.29, 0.717) is 24.2 Å². The summed E-state index contributed by atoms with van der Waals surface area (Å²) in [4.78, 5) is 30.0. The molecule has 0 atom stereocenters. The first-order valence-electron chi connectivity index (χ1n) is 5.72. The number of hydrogen-bond donors (Lipinski definition) is 0. The third-order valence-corrected chi connectivity index (χ3v) is 2.10. The molecule has 0 bridgehead atoms. The Hall–Kier alpha value is -2.10. The van der Waals surface area contributed by atoms with E-state index in [4.69, 9.17) is 0 Å². The highest BCUT2D eigenvalue weighted by Gasteiger charge is 1.97. The van der Waals surface area contributed by atoms with Crippen molar-refractivity contribution in [3.05, 3.63) is 24.3 Å². The molecular weight excluding hydrogens is 228 g/mol. The number of Topliss-reactive ketones (excluding diaryl/α,β-unsaturated/α-hetero) is 2. The lowest BCUT2D eigenvalue weighted by Crippen LogP contribution is -1.89. The minimum Gasteiger partial charge on any atom is -0.300 e. The van der Waals surface area contributed by atoms with Gasteiger partial charge in [-0.25, -0.2) is 0 Å². The van der Waals surface area contributed by atoms with E-state index in [1.165, 1.54) is 13.8 Å². The fourth-order valence-corrected chi connectivity index (χ4v) is 1.23. The number of hydrogen-bond acceptors (Lipinski definition) is 4. The molecule has 0 aliphatic heterocycles. The maximum absolute atomic E-state index is 10.8. The van der Waals surface area contributed by atoms with Gasteiger partial charge in [-0.15, -0.1) is 0 Å². The largest absolute Gasteiger partial charge is 0.300 e. The van der Waals surface area contributed by atoms with Crippen LogP contribution < -0.4 is 0 Å². The second-order valence-electron chi connectivity index (χ2n) is 3.92. The fraction of sp³-hybridized carbons (Fsp3) is 0.286. The van der Waals surface area contributed by atoms with Crippen LogP contribution in [0, 0.1) is 0 Å². The summed E-state index contributed by atoms with van der Waals surface area (Å²) in [6, 6.07) is 7.34. The van der Waals surface area contributed by atoms with Gasteiger partial charge in [-0.1, -0.05) is 12.1 Å². The van der Waals surface area contributed by atoms with Crippen molar-refractivity contribution in [2.45, 2.75) is 26.7 Å². The number of aliphatic imine (C=N–C) groups is 2. The minimum atomic E-state index is 0.0660. The first-order chi connectivity index (χ1) is 8.59. The third kappa shape index (κ3) is 5.30. The van der Waals surface area contributed by atoms with Crippen molar-refractivity contribution < 1.29 is 9.59 Å². The summed E-state index contributed by atoms with van der Waals surface area (Å²) < 4.78 is 0. The Balaban J connectivity index is 2.79. The molecule has 1 aromatic rings. The Morgan fingerprint density at radius 2 is 1.33 bits per heavy atom. The predicted molar refractivity (Wildman–Crippen MR) is 73.3 cm³/mol. The summed E-state index contributed by atoms with van der Waals surface area (Å²) in [6.45, 7) is 3.03. The number of para-hydroxylation sites is 2. The molecule has 0 heterocycles. The van der Waals surface area contributed by atoms with E-state index in [1.54, 1.807) is 12.4 Å². The quantitative estimate of drug-likeness (QED) is 0.722. The number of nitrogens with zero attached hydrogens (tertiary/aromatic N) is 2. The minimum absolute atomic E-state index is 0.0660. The Kier molecular flexibility index (Phi) is 5.64. The van der Waals surface area contributed by atoms with Gasteiger partial charge in [-0.2, -0.15) is 0 Å². The fourth-order valence-electron chi connectivity index (χ4n) is 1.23. The summed E-state index contributed by atoms with van der Waals surface area (Å²) in [5.41, 5.74) is 1.39. The maximum Gasteiger partial charge on any atom is 0.135 e. The summed E-state index contributed by atoms with van der Waals surface area (Å²) in [5.74, 6) is 0.132. The predicted octanol–water partition coefficient (Wildman–Crippen LogP) is 3.05. The third-order valence-electron chi connectivity index (χ3n) is 2.10. The van der Waals surface area contributed by atoms with Crippen molar-refractivity contribution in [2.24, 2.45) is 9.98 Å². The lowest BCUT2D eigenvalue weighted by molar-refractivity contribution is -0.116. The molecule has 0 aliphatic rings. The van der Waals surface area contributed by atoms with Gasteiger partial charge in [-0.05, 0) is 26.0 Å². The molecule has 0 saturated carbocycles. The number of benzene rings is 1. The zero-order valence-electron chi connectivity index (χ0n) is 10.6. The monoisotopic (exact) mass is 244 g/mol. The first kappa shape index (κ1) is 14.0. The van der Waals surface area contributed by atoms with Crippen molar-refractivity contribution >= 4 is 35.4 Å². The Bertz CT molecular complexity index is 445. The molecule has 1 aromatic carbocycles. The second-order valence-corrected chi connectivity index (χ2v) is 3.92. The second kappa shape index (κ2) is 7.27. The Morgan fingerprint density at radius 1 is 0.944 bits per heavy atom. The molecule has 0 aromatic heterocycles. The molecule has 18 heavy (non-hydrogen) atoms. The van der Waals surface area contributed by atoms with Crippen molar-refractivity contribution in [1.29, 1.82) is 0 Å². The maximum atomic E-state index is 10.8. The van der Waals surface area contributed by atoms with Crippen molar-refractivity contribution in [3.63, 3.8) is 0 Å². The number of ketones is 2. The molecule has 0 spiro atoms. The molecule has 0 amide bonds. The van der Waals surface area contributed by atoms with Crippen LogP contribution in [0.1, 0.15) is 26.7 Å². The van der Waals surface area contributed by atoms with Crippen molar-refractivity contribution in [2.75, 3.05) is 0 Å². The van der Waals surface area contributed by atoms with Gasteiger partial charge >= 0.3 is 0 Å². The van der Waals surface area contributed by atoms with Gasteiger partial charge in [0, 0.05) is 25.3 Å². The van der Waals surface area contributed by atoms with Gasteiger partial charge in [0.05, 0.1) is 11.4 Å². The van der Waals surface area contributed by atoms with E-state index in [2.05, 4.69) is 9.98 Å². The normalized spacial score (nSPS) is 11.2. The molecule has 94 valence electrons. The van der Waals surface area contributed by atoms with E-state index in [0.717, 1.165) is 0 Å². The molecule has 0 N–H and O–H groups in total. The van der Waals surface area contributed by atoms with E-state index in [1.807, 2.05) is 24.3 Å². The van der Waals surface area contributed by atoms with Gasteiger partial charge in [0.2, 0.25) is 0 Å². The number of carbonyl (C=O) groups is 2. The molecule has 1 rings (SSSR count).